The van der Waals surface area contributed by atoms with Crippen molar-refractivity contribution in [2.45, 2.75) is 44.9 Å². The molecule has 1 heterocycles. The molecule has 0 unspecified atom stereocenters. The van der Waals surface area contributed by atoms with Crippen molar-refractivity contribution in [3.63, 3.8) is 0 Å². The zero-order valence-corrected chi connectivity index (χ0v) is 14.7. The maximum Gasteiger partial charge on any atom is 0.418 e. The summed E-state index contributed by atoms with van der Waals surface area (Å²) in [6.07, 6.45) is 8.77. The van der Waals surface area contributed by atoms with Gasteiger partial charge in [-0.15, -0.1) is 0 Å². The Hall–Kier alpha value is -2.30. The second-order valence-corrected chi connectivity index (χ2v) is 6.70. The summed E-state index contributed by atoms with van der Waals surface area (Å²) in [5.41, 5.74) is 1.52. The van der Waals surface area contributed by atoms with Gasteiger partial charge in [-0.3, -0.25) is 9.36 Å². The van der Waals surface area contributed by atoms with Crippen LogP contribution < -0.4 is 0 Å². The molecule has 0 spiro atoms. The minimum atomic E-state index is -0.390. The number of methoxy groups -OCH3 is 1. The van der Waals surface area contributed by atoms with Gasteiger partial charge < -0.3 is 9.47 Å². The van der Waals surface area contributed by atoms with Crippen molar-refractivity contribution in [1.82, 2.24) is 4.57 Å². The van der Waals surface area contributed by atoms with Crippen molar-refractivity contribution < 1.29 is 19.1 Å². The van der Waals surface area contributed by atoms with E-state index in [0.29, 0.717) is 6.61 Å². The van der Waals surface area contributed by atoms with Crippen LogP contribution in [0.15, 0.2) is 30.5 Å². The lowest BCUT2D eigenvalue weighted by atomic mass is 10.0. The fourth-order valence-corrected chi connectivity index (χ4v) is 3.67. The molecular formula is C20H25NO4. The molecule has 2 aromatic rings. The Labute approximate surface area is 147 Å². The van der Waals surface area contributed by atoms with Gasteiger partial charge in [-0.1, -0.05) is 43.9 Å². The van der Waals surface area contributed by atoms with Crippen molar-refractivity contribution >= 4 is 23.0 Å². The van der Waals surface area contributed by atoms with Crippen molar-refractivity contribution in [3.8, 4) is 0 Å². The smallest absolute Gasteiger partial charge is 0.418 e. The number of benzene rings is 1. The number of carbonyl (C=O) groups excluding carboxylic acids is 2. The molecule has 1 aromatic carbocycles. The minimum absolute atomic E-state index is 0.138. The second kappa shape index (κ2) is 8.19. The lowest BCUT2D eigenvalue weighted by Crippen LogP contribution is -2.14. The van der Waals surface area contributed by atoms with E-state index in [9.17, 15) is 9.59 Å². The van der Waals surface area contributed by atoms with Crippen LogP contribution in [0.25, 0.3) is 10.9 Å². The average Bonchev–Trinajstić information content (AvgIpc) is 3.27. The van der Waals surface area contributed by atoms with E-state index in [-0.39, 0.29) is 12.4 Å². The van der Waals surface area contributed by atoms with Crippen LogP contribution in [0, 0.1) is 5.92 Å². The molecule has 5 nitrogen and oxygen atoms in total. The number of fused-ring (bicyclic) bond motifs is 1. The predicted octanol–water partition coefficient (Wildman–Crippen LogP) is 4.31. The third-order valence-electron chi connectivity index (χ3n) is 5.01. The maximum atomic E-state index is 12.4. The number of nitrogens with zero attached hydrogens (tertiary/aromatic N) is 1. The second-order valence-electron chi connectivity index (χ2n) is 6.70. The predicted molar refractivity (Wildman–Crippen MR) is 95.6 cm³/mol. The highest BCUT2D eigenvalue weighted by atomic mass is 16.5. The first kappa shape index (κ1) is 17.5. The van der Waals surface area contributed by atoms with Gasteiger partial charge in [0.1, 0.15) is 0 Å². The summed E-state index contributed by atoms with van der Waals surface area (Å²) in [7, 11) is 1.36. The van der Waals surface area contributed by atoms with E-state index < -0.39 is 6.09 Å². The van der Waals surface area contributed by atoms with Crippen molar-refractivity contribution in [1.29, 1.82) is 0 Å². The molecule has 3 rings (SSSR count). The molecule has 1 aliphatic carbocycles. The first-order valence-electron chi connectivity index (χ1n) is 9.02. The molecule has 134 valence electrons. The van der Waals surface area contributed by atoms with Crippen LogP contribution in [0.4, 0.5) is 4.79 Å². The normalized spacial score (nSPS) is 14.8. The van der Waals surface area contributed by atoms with Gasteiger partial charge >= 0.3 is 12.1 Å². The van der Waals surface area contributed by atoms with Crippen LogP contribution in [-0.4, -0.2) is 30.3 Å². The Balaban J connectivity index is 1.65. The minimum Gasteiger partial charge on any atom is -0.469 e. The Morgan fingerprint density at radius 2 is 1.96 bits per heavy atom. The summed E-state index contributed by atoms with van der Waals surface area (Å²) in [4.78, 5) is 24.0. The SMILES string of the molecule is COC(=O)Cc1cn(C(=O)OCCCC2CCCC2)c2ccccc12. The van der Waals surface area contributed by atoms with Crippen LogP contribution in [0.2, 0.25) is 0 Å². The summed E-state index contributed by atoms with van der Waals surface area (Å²) in [6, 6.07) is 7.52. The monoisotopic (exact) mass is 343 g/mol. The third kappa shape index (κ3) is 4.21. The van der Waals surface area contributed by atoms with Gasteiger partial charge in [0.25, 0.3) is 0 Å². The van der Waals surface area contributed by atoms with Crippen LogP contribution in [0.1, 0.15) is 44.1 Å². The highest BCUT2D eigenvalue weighted by Crippen LogP contribution is 2.28. The average molecular weight is 343 g/mol. The number of ether oxygens (including phenoxy) is 2. The first-order valence-corrected chi connectivity index (χ1v) is 9.02. The summed E-state index contributed by atoms with van der Waals surface area (Å²) < 4.78 is 11.7. The van der Waals surface area contributed by atoms with Crippen LogP contribution in [0.3, 0.4) is 0 Å². The number of esters is 1. The fourth-order valence-electron chi connectivity index (χ4n) is 3.67. The molecule has 0 saturated heterocycles. The van der Waals surface area contributed by atoms with E-state index in [1.54, 1.807) is 6.20 Å². The lowest BCUT2D eigenvalue weighted by Gasteiger charge is -2.09. The first-order chi connectivity index (χ1) is 12.2. The van der Waals surface area contributed by atoms with Crippen molar-refractivity contribution in [3.05, 3.63) is 36.0 Å². The summed E-state index contributed by atoms with van der Waals surface area (Å²) in [5, 5.41) is 0.871. The lowest BCUT2D eigenvalue weighted by molar-refractivity contribution is -0.139. The maximum absolute atomic E-state index is 12.4. The Bertz CT molecular complexity index is 743. The zero-order chi connectivity index (χ0) is 17.6. The zero-order valence-electron chi connectivity index (χ0n) is 14.7. The molecule has 0 N–H and O–H groups in total. The number of hydrogen-bond acceptors (Lipinski definition) is 4. The number of carbonyl (C=O) groups is 2. The third-order valence-corrected chi connectivity index (χ3v) is 5.01. The summed E-state index contributed by atoms with van der Waals surface area (Å²) in [5.74, 6) is 0.477. The van der Waals surface area contributed by atoms with Crippen LogP contribution >= 0.6 is 0 Å². The largest absolute Gasteiger partial charge is 0.469 e. The Kier molecular flexibility index (Phi) is 5.74. The van der Waals surface area contributed by atoms with Gasteiger partial charge in [0.05, 0.1) is 25.7 Å². The molecule has 0 bridgehead atoms. The molecule has 5 heteroatoms. The Morgan fingerprint density at radius 1 is 1.20 bits per heavy atom. The highest BCUT2D eigenvalue weighted by Gasteiger charge is 2.17. The van der Waals surface area contributed by atoms with Gasteiger partial charge in [-0.25, -0.2) is 4.79 Å². The Morgan fingerprint density at radius 3 is 2.72 bits per heavy atom. The van der Waals surface area contributed by atoms with Gasteiger partial charge in [0.2, 0.25) is 0 Å². The molecule has 25 heavy (non-hydrogen) atoms. The van der Waals surface area contributed by atoms with E-state index in [0.717, 1.165) is 35.2 Å². The molecule has 0 atom stereocenters. The molecule has 1 aliphatic rings. The standard InChI is InChI=1S/C20H25NO4/c1-24-19(22)13-16-14-21(18-11-5-4-10-17(16)18)20(23)25-12-6-9-15-7-2-3-8-15/h4-5,10-11,14-15H,2-3,6-9,12-13H2,1H3. The topological polar surface area (TPSA) is 57.5 Å². The molecule has 1 fully saturated rings. The summed E-state index contributed by atoms with van der Waals surface area (Å²) in [6.45, 7) is 0.439. The molecule has 0 radical (unpaired) electrons. The van der Waals surface area contributed by atoms with E-state index >= 15 is 0 Å². The number of aromatic nitrogens is 1. The van der Waals surface area contributed by atoms with E-state index in [4.69, 9.17) is 9.47 Å². The molecule has 0 aliphatic heterocycles. The fraction of sp³-hybridized carbons (Fsp3) is 0.500. The molecule has 0 amide bonds. The van der Waals surface area contributed by atoms with E-state index in [1.165, 1.54) is 37.4 Å². The van der Waals surface area contributed by atoms with Crippen LogP contribution in [-0.2, 0) is 20.7 Å². The van der Waals surface area contributed by atoms with Crippen LogP contribution in [0.5, 0.6) is 0 Å². The van der Waals surface area contributed by atoms with Gasteiger partial charge in [-0.05, 0) is 30.4 Å². The van der Waals surface area contributed by atoms with Crippen molar-refractivity contribution in [2.75, 3.05) is 13.7 Å². The molecular weight excluding hydrogens is 318 g/mol. The number of para-hydroxylation sites is 1. The van der Waals surface area contributed by atoms with Gasteiger partial charge in [-0.2, -0.15) is 0 Å². The van der Waals surface area contributed by atoms with Gasteiger partial charge in [0, 0.05) is 11.6 Å². The molecule has 1 saturated carbocycles. The number of hydrogen-bond donors (Lipinski definition) is 0. The highest BCUT2D eigenvalue weighted by molar-refractivity contribution is 5.93. The number of rotatable bonds is 6. The molecule has 1 aromatic heterocycles. The quantitative estimate of drug-likeness (QED) is 0.579. The van der Waals surface area contributed by atoms with Crippen molar-refractivity contribution in [2.24, 2.45) is 5.92 Å². The van der Waals surface area contributed by atoms with E-state index in [2.05, 4.69) is 0 Å². The van der Waals surface area contributed by atoms with E-state index in [1.807, 2.05) is 24.3 Å². The summed E-state index contributed by atoms with van der Waals surface area (Å²) >= 11 is 0. The van der Waals surface area contributed by atoms with Gasteiger partial charge in [0.15, 0.2) is 0 Å².